The van der Waals surface area contributed by atoms with Gasteiger partial charge in [0.25, 0.3) is 5.91 Å². The van der Waals surface area contributed by atoms with Gasteiger partial charge in [0.1, 0.15) is 0 Å². The van der Waals surface area contributed by atoms with Crippen molar-refractivity contribution in [3.8, 4) is 0 Å². The third-order valence-corrected chi connectivity index (χ3v) is 5.20. The van der Waals surface area contributed by atoms with Crippen LogP contribution in [-0.4, -0.2) is 49.9 Å². The van der Waals surface area contributed by atoms with Crippen LogP contribution in [0.25, 0.3) is 10.9 Å². The average molecular weight is 364 g/mol. The number of aromatic nitrogens is 3. The van der Waals surface area contributed by atoms with Gasteiger partial charge >= 0.3 is 0 Å². The van der Waals surface area contributed by atoms with Gasteiger partial charge < -0.3 is 10.0 Å². The first-order chi connectivity index (χ1) is 13.0. The van der Waals surface area contributed by atoms with E-state index in [9.17, 15) is 9.90 Å². The van der Waals surface area contributed by atoms with Gasteiger partial charge in [-0.1, -0.05) is 24.3 Å². The van der Waals surface area contributed by atoms with Crippen molar-refractivity contribution in [1.82, 2.24) is 19.7 Å². The summed E-state index contributed by atoms with van der Waals surface area (Å²) in [6.07, 6.45) is 3.49. The third kappa shape index (κ3) is 3.57. The van der Waals surface area contributed by atoms with Gasteiger partial charge in [-0.2, -0.15) is 5.10 Å². The number of fused-ring (bicyclic) bond motifs is 1. The maximum atomic E-state index is 12.7. The second kappa shape index (κ2) is 7.12. The van der Waals surface area contributed by atoms with Crippen molar-refractivity contribution >= 4 is 16.8 Å². The normalized spacial score (nSPS) is 19.9. The Morgan fingerprint density at radius 1 is 1.22 bits per heavy atom. The fourth-order valence-corrected chi connectivity index (χ4v) is 3.62. The van der Waals surface area contributed by atoms with Crippen LogP contribution < -0.4 is 0 Å². The molecule has 0 unspecified atom stereocenters. The second-order valence-corrected chi connectivity index (χ2v) is 7.54. The van der Waals surface area contributed by atoms with Crippen LogP contribution in [0.4, 0.5) is 0 Å². The molecule has 1 aromatic carbocycles. The van der Waals surface area contributed by atoms with Gasteiger partial charge in [0, 0.05) is 42.3 Å². The van der Waals surface area contributed by atoms with Gasteiger partial charge in [-0.3, -0.25) is 14.5 Å². The Bertz CT molecular complexity index is 965. The molecule has 1 N–H and O–H groups in total. The van der Waals surface area contributed by atoms with Gasteiger partial charge in [-0.05, 0) is 32.4 Å². The number of para-hydroxylation sites is 1. The number of carbonyl (C=O) groups excluding carboxylic acids is 1. The average Bonchev–Trinajstić information content (AvgIpc) is 3.29. The summed E-state index contributed by atoms with van der Waals surface area (Å²) in [7, 11) is 0. The van der Waals surface area contributed by atoms with E-state index in [0.717, 1.165) is 16.6 Å². The molecule has 0 spiro atoms. The molecule has 1 aliphatic rings. The number of pyridine rings is 1. The molecule has 1 saturated heterocycles. The quantitative estimate of drug-likeness (QED) is 0.773. The molecule has 1 amide bonds. The Kier molecular flexibility index (Phi) is 4.66. The summed E-state index contributed by atoms with van der Waals surface area (Å²) in [5.74, 6) is -0.0855. The van der Waals surface area contributed by atoms with Crippen LogP contribution in [0.3, 0.4) is 0 Å². The minimum atomic E-state index is -0.539. The summed E-state index contributed by atoms with van der Waals surface area (Å²) in [4.78, 5) is 19.2. The Labute approximate surface area is 158 Å². The number of likely N-dealkylation sites (tertiary alicyclic amines) is 1. The maximum Gasteiger partial charge on any atom is 0.257 e. The minimum Gasteiger partial charge on any atom is -0.391 e. The summed E-state index contributed by atoms with van der Waals surface area (Å²) < 4.78 is 1.77. The molecular formula is C21H24N4O2. The number of aliphatic hydroxyl groups is 1. The molecule has 2 atom stereocenters. The Morgan fingerprint density at radius 2 is 2.04 bits per heavy atom. The van der Waals surface area contributed by atoms with Gasteiger partial charge in [-0.25, -0.2) is 0 Å². The summed E-state index contributed by atoms with van der Waals surface area (Å²) in [6, 6.07) is 12.3. The molecule has 6 heteroatoms. The number of carbonyl (C=O) groups is 1. The van der Waals surface area contributed by atoms with Gasteiger partial charge in [0.05, 0.1) is 23.4 Å². The topological polar surface area (TPSA) is 71.2 Å². The largest absolute Gasteiger partial charge is 0.391 e. The number of benzene rings is 1. The summed E-state index contributed by atoms with van der Waals surface area (Å²) in [5.41, 5.74) is 2.47. The first kappa shape index (κ1) is 17.7. The van der Waals surface area contributed by atoms with Crippen LogP contribution in [0.15, 0.2) is 48.8 Å². The van der Waals surface area contributed by atoms with E-state index in [4.69, 9.17) is 4.98 Å². The monoisotopic (exact) mass is 364 g/mol. The highest BCUT2D eigenvalue weighted by Gasteiger charge is 2.35. The molecule has 6 nitrogen and oxygen atoms in total. The van der Waals surface area contributed by atoms with E-state index in [1.807, 2.05) is 44.2 Å². The van der Waals surface area contributed by atoms with Crippen molar-refractivity contribution in [2.24, 2.45) is 5.92 Å². The van der Waals surface area contributed by atoms with E-state index >= 15 is 0 Å². The molecule has 4 rings (SSSR count). The van der Waals surface area contributed by atoms with E-state index in [-0.39, 0.29) is 17.9 Å². The molecular weight excluding hydrogens is 340 g/mol. The predicted octanol–water partition coefficient (Wildman–Crippen LogP) is 2.69. The van der Waals surface area contributed by atoms with Crippen molar-refractivity contribution in [1.29, 1.82) is 0 Å². The molecule has 1 fully saturated rings. The number of amides is 1. The number of aliphatic hydroxyl groups excluding tert-OH is 1. The van der Waals surface area contributed by atoms with Crippen LogP contribution in [-0.2, 0) is 6.42 Å². The van der Waals surface area contributed by atoms with Crippen molar-refractivity contribution in [3.63, 3.8) is 0 Å². The van der Waals surface area contributed by atoms with Crippen molar-refractivity contribution in [3.05, 3.63) is 60.0 Å². The van der Waals surface area contributed by atoms with Crippen LogP contribution in [0, 0.1) is 5.92 Å². The fraction of sp³-hybridized carbons (Fsp3) is 0.381. The predicted molar refractivity (Wildman–Crippen MR) is 103 cm³/mol. The highest BCUT2D eigenvalue weighted by Crippen LogP contribution is 2.24. The van der Waals surface area contributed by atoms with E-state index < -0.39 is 6.10 Å². The molecule has 3 heterocycles. The lowest BCUT2D eigenvalue weighted by atomic mass is 9.99. The van der Waals surface area contributed by atoms with Crippen molar-refractivity contribution in [2.45, 2.75) is 32.4 Å². The third-order valence-electron chi connectivity index (χ3n) is 5.20. The van der Waals surface area contributed by atoms with Crippen molar-refractivity contribution in [2.75, 3.05) is 13.1 Å². The molecule has 0 aliphatic carbocycles. The lowest BCUT2D eigenvalue weighted by Gasteiger charge is -2.15. The molecule has 140 valence electrons. The molecule has 1 aliphatic heterocycles. The summed E-state index contributed by atoms with van der Waals surface area (Å²) >= 11 is 0. The minimum absolute atomic E-state index is 0.0113. The summed E-state index contributed by atoms with van der Waals surface area (Å²) in [6.45, 7) is 4.92. The number of hydrogen-bond donors (Lipinski definition) is 1. The number of rotatable bonds is 4. The van der Waals surface area contributed by atoms with Crippen LogP contribution in [0.5, 0.6) is 0 Å². The van der Waals surface area contributed by atoms with Crippen molar-refractivity contribution < 1.29 is 9.90 Å². The van der Waals surface area contributed by atoms with Gasteiger partial charge in [-0.15, -0.1) is 0 Å². The lowest BCUT2D eigenvalue weighted by Crippen LogP contribution is -2.29. The Morgan fingerprint density at radius 3 is 2.81 bits per heavy atom. The highest BCUT2D eigenvalue weighted by atomic mass is 16.3. The molecule has 0 bridgehead atoms. The van der Waals surface area contributed by atoms with Gasteiger partial charge in [0.15, 0.2) is 0 Å². The first-order valence-electron chi connectivity index (χ1n) is 9.37. The SMILES string of the molecule is CC(C)n1cc(C(=O)N2C[C@@H](Cc3ccc4ccccc4n3)[C@H](O)C2)cn1. The zero-order valence-corrected chi connectivity index (χ0v) is 15.6. The lowest BCUT2D eigenvalue weighted by molar-refractivity contribution is 0.0764. The zero-order valence-electron chi connectivity index (χ0n) is 15.6. The number of hydrogen-bond acceptors (Lipinski definition) is 4. The summed E-state index contributed by atoms with van der Waals surface area (Å²) in [5, 5.41) is 15.8. The van der Waals surface area contributed by atoms with Crippen LogP contribution >= 0.6 is 0 Å². The zero-order chi connectivity index (χ0) is 19.0. The molecule has 0 radical (unpaired) electrons. The van der Waals surface area contributed by atoms with E-state index in [1.165, 1.54) is 0 Å². The molecule has 2 aromatic heterocycles. The van der Waals surface area contributed by atoms with Gasteiger partial charge in [0.2, 0.25) is 0 Å². The van der Waals surface area contributed by atoms with Crippen LogP contribution in [0.1, 0.15) is 35.9 Å². The Hall–Kier alpha value is -2.73. The first-order valence-corrected chi connectivity index (χ1v) is 9.37. The Balaban J connectivity index is 1.46. The molecule has 27 heavy (non-hydrogen) atoms. The molecule has 0 saturated carbocycles. The van der Waals surface area contributed by atoms with E-state index in [1.54, 1.807) is 22.0 Å². The number of β-amino-alcohol motifs (C(OH)–C–C–N with tert-alkyl or cyclic N) is 1. The number of nitrogens with zero attached hydrogens (tertiary/aromatic N) is 4. The van der Waals surface area contributed by atoms with Crippen LogP contribution in [0.2, 0.25) is 0 Å². The smallest absolute Gasteiger partial charge is 0.257 e. The highest BCUT2D eigenvalue weighted by molar-refractivity contribution is 5.94. The second-order valence-electron chi connectivity index (χ2n) is 7.54. The van der Waals surface area contributed by atoms with E-state index in [2.05, 4.69) is 11.2 Å². The standard InChI is InChI=1S/C21H24N4O2/c1-14(2)25-12-17(10-22-25)21(27)24-11-16(20(26)13-24)9-18-8-7-15-5-3-4-6-19(15)23-18/h3-8,10,12,14,16,20,26H,9,11,13H2,1-2H3/t16-,20-/m1/s1. The maximum absolute atomic E-state index is 12.7. The molecule has 3 aromatic rings. The fourth-order valence-electron chi connectivity index (χ4n) is 3.62. The van der Waals surface area contributed by atoms with E-state index in [0.29, 0.717) is 25.1 Å².